The molecule has 112 valence electrons. The summed E-state index contributed by atoms with van der Waals surface area (Å²) in [5.74, 6) is 0.0319. The summed E-state index contributed by atoms with van der Waals surface area (Å²) in [5.41, 5.74) is 1.38. The molecular formula is C17H27NO2. The van der Waals surface area contributed by atoms with Crippen molar-refractivity contribution >= 4 is 11.7 Å². The lowest BCUT2D eigenvalue weighted by Crippen LogP contribution is -2.51. The van der Waals surface area contributed by atoms with Gasteiger partial charge in [-0.3, -0.25) is 9.59 Å². The summed E-state index contributed by atoms with van der Waals surface area (Å²) in [7, 11) is 0. The summed E-state index contributed by atoms with van der Waals surface area (Å²) in [6.07, 6.45) is 4.36. The van der Waals surface area contributed by atoms with Gasteiger partial charge < -0.3 is 4.90 Å². The van der Waals surface area contributed by atoms with Crippen LogP contribution in [0.25, 0.3) is 0 Å². The molecule has 0 saturated heterocycles. The molecule has 3 heteroatoms. The zero-order chi connectivity index (χ0) is 14.9. The van der Waals surface area contributed by atoms with Gasteiger partial charge in [-0.25, -0.2) is 0 Å². The third-order valence-corrected chi connectivity index (χ3v) is 5.39. The highest BCUT2D eigenvalue weighted by Crippen LogP contribution is 2.53. The first-order valence-corrected chi connectivity index (χ1v) is 7.91. The second-order valence-corrected chi connectivity index (χ2v) is 6.68. The number of carbonyl (C=O) groups excluding carboxylic acids is 2. The molecule has 0 aromatic carbocycles. The number of allylic oxidation sites excluding steroid dienone is 1. The summed E-state index contributed by atoms with van der Waals surface area (Å²) >= 11 is 0. The lowest BCUT2D eigenvalue weighted by molar-refractivity contribution is -0.150. The summed E-state index contributed by atoms with van der Waals surface area (Å²) in [6, 6.07) is 0. The second-order valence-electron chi connectivity index (χ2n) is 6.68. The molecule has 2 saturated carbocycles. The molecular weight excluding hydrogens is 250 g/mol. The van der Waals surface area contributed by atoms with Crippen molar-refractivity contribution in [2.75, 3.05) is 13.1 Å². The van der Waals surface area contributed by atoms with Crippen molar-refractivity contribution in [1.29, 1.82) is 0 Å². The van der Waals surface area contributed by atoms with Crippen molar-refractivity contribution in [2.24, 2.45) is 17.3 Å². The van der Waals surface area contributed by atoms with Gasteiger partial charge in [0.2, 0.25) is 5.91 Å². The van der Waals surface area contributed by atoms with E-state index in [1.807, 2.05) is 18.7 Å². The van der Waals surface area contributed by atoms with E-state index in [1.165, 1.54) is 5.57 Å². The molecule has 0 heterocycles. The molecule has 0 spiro atoms. The maximum absolute atomic E-state index is 12.7. The Kier molecular flexibility index (Phi) is 4.36. The van der Waals surface area contributed by atoms with Gasteiger partial charge in [-0.1, -0.05) is 19.1 Å². The molecule has 2 rings (SSSR count). The predicted octanol–water partition coefficient (Wildman–Crippen LogP) is 3.20. The first-order chi connectivity index (χ1) is 9.42. The number of hydrogen-bond donors (Lipinski definition) is 0. The Morgan fingerprint density at radius 2 is 2.00 bits per heavy atom. The van der Waals surface area contributed by atoms with Gasteiger partial charge >= 0.3 is 0 Å². The minimum absolute atomic E-state index is 0.0587. The molecule has 0 unspecified atom stereocenters. The molecule has 0 aromatic rings. The highest BCUT2D eigenvalue weighted by Gasteiger charge is 2.51. The molecule has 3 nitrogen and oxygen atoms in total. The van der Waals surface area contributed by atoms with Gasteiger partial charge in [-0.15, -0.1) is 0 Å². The van der Waals surface area contributed by atoms with Crippen LogP contribution in [-0.4, -0.2) is 29.7 Å². The van der Waals surface area contributed by atoms with Crippen molar-refractivity contribution in [2.45, 2.75) is 52.9 Å². The molecule has 0 bridgehead atoms. The van der Waals surface area contributed by atoms with Gasteiger partial charge in [0.1, 0.15) is 5.78 Å². The van der Waals surface area contributed by atoms with Gasteiger partial charge in [-0.05, 0) is 50.9 Å². The molecule has 0 aliphatic heterocycles. The number of nitrogens with zero attached hydrogens (tertiary/aromatic N) is 1. The highest BCUT2D eigenvalue weighted by molar-refractivity contribution is 6.02. The minimum Gasteiger partial charge on any atom is -0.343 e. The molecule has 1 amide bonds. The fourth-order valence-electron chi connectivity index (χ4n) is 4.17. The fourth-order valence-corrected chi connectivity index (χ4v) is 4.17. The molecule has 3 atom stereocenters. The Morgan fingerprint density at radius 1 is 1.35 bits per heavy atom. The Hall–Kier alpha value is -1.12. The van der Waals surface area contributed by atoms with E-state index in [-0.39, 0.29) is 23.0 Å². The van der Waals surface area contributed by atoms with E-state index >= 15 is 0 Å². The van der Waals surface area contributed by atoms with Crippen LogP contribution in [0.15, 0.2) is 12.2 Å². The maximum Gasteiger partial charge on any atom is 0.233 e. The molecule has 20 heavy (non-hydrogen) atoms. The van der Waals surface area contributed by atoms with E-state index in [4.69, 9.17) is 0 Å². The van der Waals surface area contributed by atoms with Crippen molar-refractivity contribution < 1.29 is 9.59 Å². The van der Waals surface area contributed by atoms with Crippen molar-refractivity contribution in [3.63, 3.8) is 0 Å². The largest absolute Gasteiger partial charge is 0.343 e. The monoisotopic (exact) mass is 277 g/mol. The first kappa shape index (κ1) is 15.3. The van der Waals surface area contributed by atoms with E-state index in [0.717, 1.165) is 25.7 Å². The SMILES string of the molecule is C=C1CC[C@H]2[C@H](C(=O)N(CC)CC)C(=O)CC[C@]2(C)C1. The lowest BCUT2D eigenvalue weighted by atomic mass is 9.55. The number of ketones is 1. The standard InChI is InChI=1S/C17H27NO2/c1-5-18(6-2)16(20)15-13-8-7-12(3)11-17(13,4)10-9-14(15)19/h13,15H,3,5-11H2,1-2,4H3/t13-,15-,17+/m0/s1. The van der Waals surface area contributed by atoms with Gasteiger partial charge in [-0.2, -0.15) is 0 Å². The third kappa shape index (κ3) is 2.55. The molecule has 2 aliphatic carbocycles. The van der Waals surface area contributed by atoms with Crippen LogP contribution in [0.2, 0.25) is 0 Å². The van der Waals surface area contributed by atoms with Crippen molar-refractivity contribution in [1.82, 2.24) is 4.90 Å². The van der Waals surface area contributed by atoms with Crippen LogP contribution in [0.1, 0.15) is 52.9 Å². The predicted molar refractivity (Wildman–Crippen MR) is 80.2 cm³/mol. The van der Waals surface area contributed by atoms with Crippen LogP contribution in [0, 0.1) is 17.3 Å². The minimum atomic E-state index is -0.401. The Bertz CT molecular complexity index is 425. The van der Waals surface area contributed by atoms with Crippen LogP contribution < -0.4 is 0 Å². The third-order valence-electron chi connectivity index (χ3n) is 5.39. The average Bonchev–Trinajstić information content (AvgIpc) is 2.40. The van der Waals surface area contributed by atoms with Crippen LogP contribution in [0.4, 0.5) is 0 Å². The fraction of sp³-hybridized carbons (Fsp3) is 0.765. The van der Waals surface area contributed by atoms with Crippen LogP contribution in [0.3, 0.4) is 0 Å². The van der Waals surface area contributed by atoms with Gasteiger partial charge in [0.15, 0.2) is 0 Å². The number of amides is 1. The van der Waals surface area contributed by atoms with E-state index in [0.29, 0.717) is 19.5 Å². The van der Waals surface area contributed by atoms with Gasteiger partial charge in [0.25, 0.3) is 0 Å². The van der Waals surface area contributed by atoms with Crippen LogP contribution in [0.5, 0.6) is 0 Å². The zero-order valence-corrected chi connectivity index (χ0v) is 13.1. The average molecular weight is 277 g/mol. The number of Topliss-reactive ketones (excluding diaryl/α,β-unsaturated/α-hetero) is 1. The Balaban J connectivity index is 2.28. The van der Waals surface area contributed by atoms with E-state index in [1.54, 1.807) is 0 Å². The molecule has 0 N–H and O–H groups in total. The second kappa shape index (κ2) is 5.71. The molecule has 2 fully saturated rings. The van der Waals surface area contributed by atoms with Gasteiger partial charge in [0, 0.05) is 19.5 Å². The Morgan fingerprint density at radius 3 is 2.60 bits per heavy atom. The summed E-state index contributed by atoms with van der Waals surface area (Å²) in [5, 5.41) is 0. The van der Waals surface area contributed by atoms with E-state index < -0.39 is 5.92 Å². The van der Waals surface area contributed by atoms with E-state index in [2.05, 4.69) is 13.5 Å². The van der Waals surface area contributed by atoms with Gasteiger partial charge in [0.05, 0.1) is 5.92 Å². The summed E-state index contributed by atoms with van der Waals surface area (Å²) in [6.45, 7) is 11.7. The number of carbonyl (C=O) groups is 2. The summed E-state index contributed by atoms with van der Waals surface area (Å²) in [4.78, 5) is 26.9. The molecule has 0 aromatic heterocycles. The smallest absolute Gasteiger partial charge is 0.233 e. The maximum atomic E-state index is 12.7. The number of rotatable bonds is 3. The van der Waals surface area contributed by atoms with Crippen molar-refractivity contribution in [3.05, 3.63) is 12.2 Å². The normalized spacial score (nSPS) is 33.8. The Labute approximate surface area is 122 Å². The topological polar surface area (TPSA) is 37.4 Å². The number of hydrogen-bond acceptors (Lipinski definition) is 2. The molecule has 2 aliphatic rings. The lowest BCUT2D eigenvalue weighted by Gasteiger charge is -2.49. The zero-order valence-electron chi connectivity index (χ0n) is 13.1. The highest BCUT2D eigenvalue weighted by atomic mass is 16.2. The quantitative estimate of drug-likeness (QED) is 0.587. The van der Waals surface area contributed by atoms with E-state index in [9.17, 15) is 9.59 Å². The first-order valence-electron chi connectivity index (χ1n) is 7.91. The molecule has 0 radical (unpaired) electrons. The number of fused-ring (bicyclic) bond motifs is 1. The van der Waals surface area contributed by atoms with Crippen LogP contribution in [-0.2, 0) is 9.59 Å². The summed E-state index contributed by atoms with van der Waals surface area (Å²) < 4.78 is 0. The van der Waals surface area contributed by atoms with Crippen LogP contribution >= 0.6 is 0 Å². The van der Waals surface area contributed by atoms with Crippen molar-refractivity contribution in [3.8, 4) is 0 Å².